The van der Waals surface area contributed by atoms with Crippen LogP contribution in [-0.4, -0.2) is 48.7 Å². The zero-order valence-electron chi connectivity index (χ0n) is 7.02. The van der Waals surface area contributed by atoms with Gasteiger partial charge in [0.1, 0.15) is 6.61 Å². The van der Waals surface area contributed by atoms with Crippen molar-refractivity contribution < 1.29 is 19.4 Å². The fourth-order valence-corrected chi connectivity index (χ4v) is 0.652. The molecule has 5 nitrogen and oxygen atoms in total. The van der Waals surface area contributed by atoms with Crippen molar-refractivity contribution in [3.8, 4) is 0 Å². The Balaban J connectivity index is 3.44. The average molecular weight is 175 g/mol. The van der Waals surface area contributed by atoms with E-state index in [9.17, 15) is 9.59 Å². The van der Waals surface area contributed by atoms with Crippen LogP contribution in [0.3, 0.4) is 0 Å². The second-order valence-electron chi connectivity index (χ2n) is 2.21. The van der Waals surface area contributed by atoms with Crippen LogP contribution < -0.4 is 0 Å². The molecule has 0 aliphatic carbocycles. The van der Waals surface area contributed by atoms with Gasteiger partial charge in [-0.15, -0.1) is 0 Å². The van der Waals surface area contributed by atoms with Gasteiger partial charge in [0.05, 0.1) is 13.2 Å². The van der Waals surface area contributed by atoms with Crippen LogP contribution in [0, 0.1) is 0 Å². The van der Waals surface area contributed by atoms with Crippen molar-refractivity contribution in [2.24, 2.45) is 0 Å². The number of carbonyl (C=O) groups is 2. The van der Waals surface area contributed by atoms with Crippen LogP contribution in [0.2, 0.25) is 0 Å². The lowest BCUT2D eigenvalue weighted by atomic mass is 10.5. The zero-order chi connectivity index (χ0) is 9.40. The maximum atomic E-state index is 10.3. The number of aliphatic hydroxyl groups excluding tert-OH is 1. The fraction of sp³-hybridized carbons (Fsp3) is 0.714. The van der Waals surface area contributed by atoms with Crippen LogP contribution in [0.15, 0.2) is 0 Å². The molecule has 0 fully saturated rings. The van der Waals surface area contributed by atoms with Crippen LogP contribution in [0.4, 0.5) is 0 Å². The van der Waals surface area contributed by atoms with Gasteiger partial charge in [0.25, 0.3) is 0 Å². The molecule has 0 unspecified atom stereocenters. The summed E-state index contributed by atoms with van der Waals surface area (Å²) in [7, 11) is 0. The van der Waals surface area contributed by atoms with Crippen LogP contribution in [0.25, 0.3) is 0 Å². The van der Waals surface area contributed by atoms with E-state index in [1.165, 1.54) is 11.8 Å². The maximum absolute atomic E-state index is 10.3. The summed E-state index contributed by atoms with van der Waals surface area (Å²) in [5.74, 6) is -0.371. The Hall–Kier alpha value is -1.10. The molecule has 0 aliphatic heterocycles. The van der Waals surface area contributed by atoms with E-state index in [-0.39, 0.29) is 25.7 Å². The van der Waals surface area contributed by atoms with Gasteiger partial charge in [-0.05, 0) is 0 Å². The Kier molecular flexibility index (Phi) is 6.00. The molecular weight excluding hydrogens is 162 g/mol. The van der Waals surface area contributed by atoms with E-state index in [0.717, 1.165) is 0 Å². The second kappa shape index (κ2) is 6.60. The van der Waals surface area contributed by atoms with Crippen molar-refractivity contribution in [1.82, 2.24) is 4.90 Å². The predicted molar refractivity (Wildman–Crippen MR) is 41.4 cm³/mol. The lowest BCUT2D eigenvalue weighted by molar-refractivity contribution is -0.142. The van der Waals surface area contributed by atoms with Crippen molar-refractivity contribution >= 4 is 12.4 Å². The molecule has 1 N–H and O–H groups in total. The van der Waals surface area contributed by atoms with Crippen molar-refractivity contribution in [3.63, 3.8) is 0 Å². The van der Waals surface area contributed by atoms with Crippen LogP contribution >= 0.6 is 0 Å². The number of nitrogens with zero attached hydrogens (tertiary/aromatic N) is 1. The largest absolute Gasteiger partial charge is 0.464 e. The van der Waals surface area contributed by atoms with Gasteiger partial charge in [-0.1, -0.05) is 0 Å². The zero-order valence-corrected chi connectivity index (χ0v) is 7.02. The first kappa shape index (κ1) is 10.9. The smallest absolute Gasteiger partial charge is 0.302 e. The molecule has 0 bridgehead atoms. The molecule has 0 saturated heterocycles. The molecule has 12 heavy (non-hydrogen) atoms. The summed E-state index contributed by atoms with van der Waals surface area (Å²) in [6.45, 7) is 1.98. The SMILES string of the molecule is CC(=O)OCCN(C=O)CCO. The van der Waals surface area contributed by atoms with E-state index >= 15 is 0 Å². The number of aliphatic hydroxyl groups is 1. The number of ether oxygens (including phenoxy) is 1. The van der Waals surface area contributed by atoms with Gasteiger partial charge < -0.3 is 14.7 Å². The number of rotatable bonds is 6. The summed E-state index contributed by atoms with van der Waals surface area (Å²) >= 11 is 0. The first-order chi connectivity index (χ1) is 5.70. The topological polar surface area (TPSA) is 66.8 Å². The molecule has 0 aromatic rings. The summed E-state index contributed by atoms with van der Waals surface area (Å²) in [6.07, 6.45) is 0.611. The Labute approximate surface area is 70.9 Å². The standard InChI is InChI=1S/C7H13NO4/c1-7(11)12-5-3-8(6-10)2-4-9/h6,9H,2-5H2,1H3. The highest BCUT2D eigenvalue weighted by molar-refractivity contribution is 5.65. The lowest BCUT2D eigenvalue weighted by Gasteiger charge is -2.14. The van der Waals surface area contributed by atoms with Crippen LogP contribution in [0.1, 0.15) is 6.92 Å². The fourth-order valence-electron chi connectivity index (χ4n) is 0.652. The van der Waals surface area contributed by atoms with Gasteiger partial charge in [0.2, 0.25) is 6.41 Å². The predicted octanol–water partition coefficient (Wildman–Crippen LogP) is -1.000. The Morgan fingerprint density at radius 1 is 1.58 bits per heavy atom. The average Bonchev–Trinajstić information content (AvgIpc) is 2.02. The third kappa shape index (κ3) is 5.67. The molecule has 0 atom stereocenters. The van der Waals surface area contributed by atoms with Gasteiger partial charge >= 0.3 is 5.97 Å². The summed E-state index contributed by atoms with van der Waals surface area (Å²) < 4.78 is 4.60. The van der Waals surface area contributed by atoms with E-state index in [4.69, 9.17) is 5.11 Å². The molecule has 0 spiro atoms. The summed E-state index contributed by atoms with van der Waals surface area (Å²) in [5.41, 5.74) is 0. The number of amides is 1. The summed E-state index contributed by atoms with van der Waals surface area (Å²) in [5, 5.41) is 8.47. The highest BCUT2D eigenvalue weighted by Crippen LogP contribution is 1.83. The van der Waals surface area contributed by atoms with Crippen LogP contribution in [0.5, 0.6) is 0 Å². The number of hydrogen-bond acceptors (Lipinski definition) is 4. The number of esters is 1. The molecule has 0 aliphatic rings. The molecule has 0 saturated carbocycles. The Bertz CT molecular complexity index is 148. The van der Waals surface area contributed by atoms with Gasteiger partial charge in [0.15, 0.2) is 0 Å². The van der Waals surface area contributed by atoms with Gasteiger partial charge in [0, 0.05) is 13.5 Å². The Morgan fingerprint density at radius 2 is 2.25 bits per heavy atom. The number of hydrogen-bond donors (Lipinski definition) is 1. The molecule has 0 aromatic carbocycles. The molecule has 0 radical (unpaired) electrons. The lowest BCUT2D eigenvalue weighted by Crippen LogP contribution is -2.29. The highest BCUT2D eigenvalue weighted by atomic mass is 16.5. The van der Waals surface area contributed by atoms with E-state index in [1.54, 1.807) is 0 Å². The molecule has 0 aromatic heterocycles. The minimum Gasteiger partial charge on any atom is -0.464 e. The van der Waals surface area contributed by atoms with Gasteiger partial charge in [-0.2, -0.15) is 0 Å². The second-order valence-corrected chi connectivity index (χ2v) is 2.21. The summed E-state index contributed by atoms with van der Waals surface area (Å²) in [6, 6.07) is 0. The first-order valence-electron chi connectivity index (χ1n) is 3.64. The molecule has 0 heterocycles. The molecule has 0 rings (SSSR count). The molecular formula is C7H13NO4. The van der Waals surface area contributed by atoms with E-state index in [0.29, 0.717) is 13.0 Å². The minimum atomic E-state index is -0.371. The van der Waals surface area contributed by atoms with Crippen molar-refractivity contribution in [1.29, 1.82) is 0 Å². The first-order valence-corrected chi connectivity index (χ1v) is 3.64. The molecule has 70 valence electrons. The maximum Gasteiger partial charge on any atom is 0.302 e. The minimum absolute atomic E-state index is 0.0845. The van der Waals surface area contributed by atoms with E-state index in [2.05, 4.69) is 4.74 Å². The molecule has 5 heteroatoms. The Morgan fingerprint density at radius 3 is 2.67 bits per heavy atom. The van der Waals surface area contributed by atoms with Crippen molar-refractivity contribution in [3.05, 3.63) is 0 Å². The normalized spacial score (nSPS) is 9.17. The van der Waals surface area contributed by atoms with Crippen molar-refractivity contribution in [2.45, 2.75) is 6.92 Å². The highest BCUT2D eigenvalue weighted by Gasteiger charge is 2.00. The van der Waals surface area contributed by atoms with E-state index < -0.39 is 0 Å². The summed E-state index contributed by atoms with van der Waals surface area (Å²) in [4.78, 5) is 21.9. The monoisotopic (exact) mass is 175 g/mol. The van der Waals surface area contributed by atoms with Crippen LogP contribution in [-0.2, 0) is 14.3 Å². The van der Waals surface area contributed by atoms with E-state index in [1.807, 2.05) is 0 Å². The third-order valence-electron chi connectivity index (χ3n) is 1.22. The quantitative estimate of drug-likeness (QED) is 0.415. The molecule has 1 amide bonds. The number of carbonyl (C=O) groups excluding carboxylic acids is 2. The van der Waals surface area contributed by atoms with Gasteiger partial charge in [-0.3, -0.25) is 9.59 Å². The van der Waals surface area contributed by atoms with Crippen molar-refractivity contribution in [2.75, 3.05) is 26.3 Å². The van der Waals surface area contributed by atoms with Gasteiger partial charge in [-0.25, -0.2) is 0 Å². The third-order valence-corrected chi connectivity index (χ3v) is 1.22.